The third-order valence-corrected chi connectivity index (χ3v) is 6.70. The van der Waals surface area contributed by atoms with E-state index in [9.17, 15) is 13.2 Å². The van der Waals surface area contributed by atoms with Gasteiger partial charge in [-0.1, -0.05) is 65.1 Å². The summed E-state index contributed by atoms with van der Waals surface area (Å²) in [4.78, 5) is 12.0. The Labute approximate surface area is 162 Å². The van der Waals surface area contributed by atoms with E-state index < -0.39 is 32.1 Å². The van der Waals surface area contributed by atoms with Gasteiger partial charge in [0.25, 0.3) is 0 Å². The Bertz CT molecular complexity index is 740. The van der Waals surface area contributed by atoms with E-state index in [-0.39, 0.29) is 6.42 Å². The van der Waals surface area contributed by atoms with Gasteiger partial charge in [-0.2, -0.15) is 8.42 Å². The number of hydrogen-bond acceptors (Lipinski definition) is 4. The molecule has 3 rings (SSSR count). The van der Waals surface area contributed by atoms with Gasteiger partial charge >= 0.3 is 10.3 Å². The van der Waals surface area contributed by atoms with Crippen LogP contribution in [-0.2, 0) is 19.3 Å². The maximum absolute atomic E-state index is 12.4. The maximum atomic E-state index is 12.4. The molecule has 0 N–H and O–H groups in total. The first-order chi connectivity index (χ1) is 11.6. The second-order valence-electron chi connectivity index (χ2n) is 6.58. The summed E-state index contributed by atoms with van der Waals surface area (Å²) in [5.74, 6) is -0.100. The van der Waals surface area contributed by atoms with Crippen molar-refractivity contribution < 1.29 is 17.4 Å². The molecule has 1 heterocycles. The molecule has 1 amide bonds. The summed E-state index contributed by atoms with van der Waals surface area (Å²) in [6, 6.07) is 10.1. The first kappa shape index (κ1) is 19.2. The van der Waals surface area contributed by atoms with Crippen molar-refractivity contribution in [2.45, 2.75) is 47.4 Å². The van der Waals surface area contributed by atoms with Crippen molar-refractivity contribution in [3.05, 3.63) is 35.9 Å². The number of nitrogens with zero attached hydrogens (tertiary/aromatic N) is 1. The van der Waals surface area contributed by atoms with E-state index in [1.165, 1.54) is 5.56 Å². The number of carbonyl (C=O) groups is 1. The number of hydrogen-bond donors (Lipinski definition) is 0. The monoisotopic (exact) mass is 425 g/mol. The molecule has 1 saturated carbocycles. The number of halogens is 3. The summed E-state index contributed by atoms with van der Waals surface area (Å²) in [5, 5.41) is 0. The zero-order valence-electron chi connectivity index (χ0n) is 13.3. The Morgan fingerprint density at radius 1 is 1.16 bits per heavy atom. The summed E-state index contributed by atoms with van der Waals surface area (Å²) in [5.41, 5.74) is 0.541. The van der Waals surface area contributed by atoms with E-state index >= 15 is 0 Å². The standard InChI is InChI=1S/C16H18Cl3NO4S/c17-16(18,19)11-24-25(22,23)20-14(21)10-15(20)8-6-13(7-9-15)12-4-2-1-3-5-12/h1-5,13H,6-11H2. The molecule has 1 aromatic rings. The van der Waals surface area contributed by atoms with Crippen molar-refractivity contribution in [3.8, 4) is 0 Å². The molecule has 0 unspecified atom stereocenters. The summed E-state index contributed by atoms with van der Waals surface area (Å²) in [6.45, 7) is -0.632. The zero-order chi connectivity index (χ0) is 18.3. The van der Waals surface area contributed by atoms with Crippen molar-refractivity contribution in [1.82, 2.24) is 4.31 Å². The number of alkyl halides is 3. The fourth-order valence-corrected chi connectivity index (χ4v) is 5.57. The molecular weight excluding hydrogens is 409 g/mol. The Balaban J connectivity index is 1.70. The van der Waals surface area contributed by atoms with Crippen LogP contribution in [-0.4, -0.2) is 34.6 Å². The lowest BCUT2D eigenvalue weighted by Crippen LogP contribution is -2.66. The second-order valence-corrected chi connectivity index (χ2v) is 10.6. The molecule has 0 aromatic heterocycles. The predicted molar refractivity (Wildman–Crippen MR) is 97.0 cm³/mol. The number of carbonyl (C=O) groups excluding carboxylic acids is 1. The van der Waals surface area contributed by atoms with E-state index in [1.54, 1.807) is 0 Å². The highest BCUT2D eigenvalue weighted by atomic mass is 35.6. The van der Waals surface area contributed by atoms with Gasteiger partial charge < -0.3 is 0 Å². The van der Waals surface area contributed by atoms with Crippen molar-refractivity contribution in [1.29, 1.82) is 0 Å². The van der Waals surface area contributed by atoms with E-state index in [2.05, 4.69) is 12.1 Å². The van der Waals surface area contributed by atoms with Crippen LogP contribution < -0.4 is 0 Å². The van der Waals surface area contributed by atoms with Gasteiger partial charge in [0.1, 0.15) is 6.61 Å². The molecule has 25 heavy (non-hydrogen) atoms. The average Bonchev–Trinajstić information content (AvgIpc) is 2.53. The molecule has 138 valence electrons. The molecule has 1 aliphatic carbocycles. The lowest BCUT2D eigenvalue weighted by molar-refractivity contribution is -0.148. The van der Waals surface area contributed by atoms with Crippen molar-refractivity contribution >= 4 is 51.0 Å². The Morgan fingerprint density at radius 3 is 2.28 bits per heavy atom. The van der Waals surface area contributed by atoms with Crippen molar-refractivity contribution in [2.24, 2.45) is 0 Å². The molecule has 9 heteroatoms. The van der Waals surface area contributed by atoms with Crippen molar-refractivity contribution in [3.63, 3.8) is 0 Å². The van der Waals surface area contributed by atoms with Crippen LogP contribution in [0.5, 0.6) is 0 Å². The fraction of sp³-hybridized carbons (Fsp3) is 0.562. The molecule has 1 aromatic carbocycles. The highest BCUT2D eigenvalue weighted by Crippen LogP contribution is 2.49. The van der Waals surface area contributed by atoms with Gasteiger partial charge in [0.2, 0.25) is 9.70 Å². The predicted octanol–water partition coefficient (Wildman–Crippen LogP) is 3.95. The van der Waals surface area contributed by atoms with Gasteiger partial charge in [0.15, 0.2) is 0 Å². The molecule has 5 nitrogen and oxygen atoms in total. The molecule has 2 aliphatic rings. The molecule has 0 atom stereocenters. The Hall–Kier alpha value is -0.530. The molecular formula is C16H18Cl3NO4S. The van der Waals surface area contributed by atoms with Crippen LogP contribution in [0.15, 0.2) is 30.3 Å². The number of β-lactam (4-membered cyclic amide) rings is 1. The maximum Gasteiger partial charge on any atom is 0.365 e. The SMILES string of the molecule is O=C1CC2(CCC(c3ccccc3)CC2)N1S(=O)(=O)OCC(Cl)(Cl)Cl. The smallest absolute Gasteiger partial charge is 0.274 e. The lowest BCUT2D eigenvalue weighted by atomic mass is 9.69. The third kappa shape index (κ3) is 4.08. The molecule has 1 saturated heterocycles. The van der Waals surface area contributed by atoms with Crippen LogP contribution in [0.25, 0.3) is 0 Å². The van der Waals surface area contributed by atoms with Crippen LogP contribution >= 0.6 is 34.8 Å². The van der Waals surface area contributed by atoms with E-state index in [0.717, 1.165) is 17.1 Å². The minimum atomic E-state index is -4.27. The highest BCUT2D eigenvalue weighted by molar-refractivity contribution is 7.85. The molecule has 0 radical (unpaired) electrons. The second kappa shape index (κ2) is 6.89. The summed E-state index contributed by atoms with van der Waals surface area (Å²) in [6.07, 6.45) is 3.05. The molecule has 2 fully saturated rings. The largest absolute Gasteiger partial charge is 0.365 e. The summed E-state index contributed by atoms with van der Waals surface area (Å²) in [7, 11) is -4.27. The third-order valence-electron chi connectivity index (χ3n) is 4.92. The van der Waals surface area contributed by atoms with E-state index in [1.807, 2.05) is 18.2 Å². The summed E-state index contributed by atoms with van der Waals surface area (Å²) < 4.78 is 28.6. The topological polar surface area (TPSA) is 63.7 Å². The number of amides is 1. The molecule has 0 bridgehead atoms. The minimum Gasteiger partial charge on any atom is -0.274 e. The van der Waals surface area contributed by atoms with Crippen LogP contribution in [0.2, 0.25) is 0 Å². The van der Waals surface area contributed by atoms with Crippen LogP contribution in [0, 0.1) is 0 Å². The Morgan fingerprint density at radius 2 is 1.76 bits per heavy atom. The fourth-order valence-electron chi connectivity index (χ4n) is 3.75. The average molecular weight is 427 g/mol. The van der Waals surface area contributed by atoms with Crippen LogP contribution in [0.3, 0.4) is 0 Å². The van der Waals surface area contributed by atoms with Gasteiger partial charge in [0, 0.05) is 0 Å². The van der Waals surface area contributed by atoms with Crippen LogP contribution in [0.1, 0.15) is 43.6 Å². The molecule has 1 spiro atoms. The first-order valence-electron chi connectivity index (χ1n) is 7.97. The van der Waals surface area contributed by atoms with Gasteiger partial charge in [0.05, 0.1) is 12.0 Å². The van der Waals surface area contributed by atoms with Crippen molar-refractivity contribution in [2.75, 3.05) is 6.61 Å². The lowest BCUT2D eigenvalue weighted by Gasteiger charge is -2.53. The number of benzene rings is 1. The minimum absolute atomic E-state index is 0.213. The highest BCUT2D eigenvalue weighted by Gasteiger charge is 2.58. The Kier molecular flexibility index (Phi) is 5.30. The summed E-state index contributed by atoms with van der Waals surface area (Å²) >= 11 is 16.6. The molecule has 1 aliphatic heterocycles. The normalized spacial score (nSPS) is 27.4. The van der Waals surface area contributed by atoms with E-state index in [0.29, 0.717) is 18.8 Å². The zero-order valence-corrected chi connectivity index (χ0v) is 16.4. The van der Waals surface area contributed by atoms with Gasteiger partial charge in [-0.15, -0.1) is 0 Å². The van der Waals surface area contributed by atoms with Gasteiger partial charge in [-0.05, 0) is 37.2 Å². The quantitative estimate of drug-likeness (QED) is 0.540. The number of rotatable bonds is 4. The first-order valence-corrected chi connectivity index (χ1v) is 10.5. The van der Waals surface area contributed by atoms with Gasteiger partial charge in [-0.25, -0.2) is 8.49 Å². The van der Waals surface area contributed by atoms with Gasteiger partial charge in [-0.3, -0.25) is 4.79 Å². The van der Waals surface area contributed by atoms with Crippen LogP contribution in [0.4, 0.5) is 0 Å². The van der Waals surface area contributed by atoms with E-state index in [4.69, 9.17) is 39.0 Å².